The Morgan fingerprint density at radius 2 is 2.00 bits per heavy atom. The Balaban J connectivity index is 0.00000324. The topological polar surface area (TPSA) is 87.4 Å². The largest absolute Gasteiger partial charge is 0.668 e. The van der Waals surface area contributed by atoms with Crippen molar-refractivity contribution < 1.29 is 63.5 Å². The van der Waals surface area contributed by atoms with Crippen molar-refractivity contribution in [1.29, 1.82) is 0 Å². The molecule has 6 heteroatoms. The summed E-state index contributed by atoms with van der Waals surface area (Å²) in [5, 5.41) is 10.3. The second kappa shape index (κ2) is 7.49. The van der Waals surface area contributed by atoms with E-state index in [1.807, 2.05) is 20.8 Å². The number of ketones is 1. The van der Waals surface area contributed by atoms with E-state index in [1.54, 1.807) is 0 Å². The first kappa shape index (κ1) is 19.5. The number of nitrogens with one attached hydrogen (secondary N) is 1. The molecule has 1 fully saturated rings. The Morgan fingerprint density at radius 1 is 1.47 bits per heavy atom. The molecule has 0 aromatic carbocycles. The van der Waals surface area contributed by atoms with Gasteiger partial charge < -0.3 is 20.4 Å². The van der Waals surface area contributed by atoms with Gasteiger partial charge in [0.25, 0.3) is 0 Å². The van der Waals surface area contributed by atoms with E-state index in [9.17, 15) is 14.7 Å². The van der Waals surface area contributed by atoms with E-state index < -0.39 is 17.6 Å². The first-order valence-corrected chi connectivity index (χ1v) is 6.27. The van der Waals surface area contributed by atoms with Crippen LogP contribution in [0.2, 0.25) is 0 Å². The third kappa shape index (κ3) is 4.23. The van der Waals surface area contributed by atoms with Crippen LogP contribution in [0.25, 0.3) is 5.73 Å². The quantitative estimate of drug-likeness (QED) is 0.618. The Bertz CT molecular complexity index is 348. The maximum atomic E-state index is 11.8. The van der Waals surface area contributed by atoms with Gasteiger partial charge in [0.1, 0.15) is 5.78 Å². The summed E-state index contributed by atoms with van der Waals surface area (Å²) in [4.78, 5) is 23.4. The third-order valence-corrected chi connectivity index (χ3v) is 4.11. The summed E-state index contributed by atoms with van der Waals surface area (Å²) in [6.45, 7) is 5.97. The molecule has 4 atom stereocenters. The average molecular weight is 483 g/mol. The molecule has 1 aliphatic rings. The Kier molecular flexibility index (Phi) is 7.69. The predicted octanol–water partition coefficient (Wildman–Crippen LogP) is 1.58. The normalized spacial score (nSPS) is 32.7. The summed E-state index contributed by atoms with van der Waals surface area (Å²) in [6, 6.07) is -0.854. The minimum absolute atomic E-state index is 0. The van der Waals surface area contributed by atoms with E-state index in [2.05, 4.69) is 4.74 Å². The van der Waals surface area contributed by atoms with Crippen LogP contribution in [-0.2, 0) is 14.3 Å². The van der Waals surface area contributed by atoms with Crippen molar-refractivity contribution in [3.63, 3.8) is 0 Å². The van der Waals surface area contributed by atoms with E-state index >= 15 is 0 Å². The monoisotopic (exact) mass is 483 g/mol. The number of rotatable bonds is 3. The minimum Gasteiger partial charge on any atom is -0.668 e. The number of carbonyl (C=O) groups excluding carboxylic acids is 2. The summed E-state index contributed by atoms with van der Waals surface area (Å²) < 4.78 is 4.56. The fraction of sp³-hybridized carbons (Fsp3) is 0.846. The number of methoxy groups -OCH3 is 1. The molecule has 2 N–H and O–H groups in total. The smallest absolute Gasteiger partial charge is 0.338 e. The Hall–Kier alpha value is 0.502. The van der Waals surface area contributed by atoms with Gasteiger partial charge in [-0.2, -0.15) is 0 Å². The van der Waals surface area contributed by atoms with Crippen molar-refractivity contribution in [2.24, 2.45) is 17.8 Å². The predicted molar refractivity (Wildman–Crippen MR) is 66.8 cm³/mol. The van der Waals surface area contributed by atoms with Gasteiger partial charge in [-0.05, 0) is 24.2 Å². The summed E-state index contributed by atoms with van der Waals surface area (Å²) in [7, 11) is 1.19. The molecule has 1 radical (unpaired) electrons. The second-order valence-electron chi connectivity index (χ2n) is 5.62. The third-order valence-electron chi connectivity index (χ3n) is 4.11. The molecule has 1 rings (SSSR count). The first-order valence-electron chi connectivity index (χ1n) is 6.27. The first-order chi connectivity index (χ1) is 8.23. The molecule has 0 heterocycles. The fourth-order valence-electron chi connectivity index (χ4n) is 2.55. The van der Waals surface area contributed by atoms with Gasteiger partial charge in [0.15, 0.2) is 5.60 Å². The van der Waals surface area contributed by atoms with Gasteiger partial charge in [0.2, 0.25) is 0 Å². The van der Waals surface area contributed by atoms with Crippen molar-refractivity contribution in [2.45, 2.75) is 45.3 Å². The van der Waals surface area contributed by atoms with Crippen molar-refractivity contribution in [3.8, 4) is 0 Å². The molecule has 0 aliphatic heterocycles. The van der Waals surface area contributed by atoms with Gasteiger partial charge in [0, 0.05) is 50.5 Å². The van der Waals surface area contributed by atoms with Crippen LogP contribution < -0.4 is 0 Å². The molecule has 1 saturated carbocycles. The van der Waals surface area contributed by atoms with E-state index in [4.69, 9.17) is 5.73 Å². The molecule has 1 unspecified atom stereocenters. The number of hydrogen-bond acceptors (Lipinski definition) is 4. The number of carbonyl (C=O) groups is 2. The Morgan fingerprint density at radius 3 is 2.42 bits per heavy atom. The number of ether oxygens (including phenoxy) is 1. The van der Waals surface area contributed by atoms with Crippen LogP contribution in [-0.4, -0.2) is 35.6 Å². The number of hydrogen-bond donors (Lipinski definition) is 1. The summed E-state index contributed by atoms with van der Waals surface area (Å²) in [5.41, 5.74) is 6.17. The van der Waals surface area contributed by atoms with Crippen molar-refractivity contribution in [2.75, 3.05) is 7.11 Å². The van der Waals surface area contributed by atoms with Crippen LogP contribution in [0.15, 0.2) is 0 Å². The van der Waals surface area contributed by atoms with E-state index in [1.165, 1.54) is 7.11 Å². The van der Waals surface area contributed by atoms with Crippen LogP contribution >= 0.6 is 0 Å². The zero-order chi connectivity index (χ0) is 14.1. The molecule has 1 aliphatic carbocycles. The van der Waals surface area contributed by atoms with Gasteiger partial charge in [-0.3, -0.25) is 0 Å². The van der Waals surface area contributed by atoms with E-state index in [0.717, 1.165) is 0 Å². The molecule has 0 spiro atoms. The number of aliphatic hydroxyl groups is 1. The van der Waals surface area contributed by atoms with Crippen LogP contribution in [0.5, 0.6) is 0 Å². The van der Waals surface area contributed by atoms with E-state index in [-0.39, 0.29) is 80.4 Å². The molecule has 19 heavy (non-hydrogen) atoms. The van der Waals surface area contributed by atoms with E-state index in [0.29, 0.717) is 0 Å². The fourth-order valence-corrected chi connectivity index (χ4v) is 2.55. The van der Waals surface area contributed by atoms with Gasteiger partial charge in [0.05, 0.1) is 7.11 Å². The Labute approximate surface area is 150 Å². The molecular formula is C13H22AcNO4-. The van der Waals surface area contributed by atoms with Crippen molar-refractivity contribution in [1.82, 2.24) is 0 Å². The summed E-state index contributed by atoms with van der Waals surface area (Å²) >= 11 is 0. The molecule has 0 bridgehead atoms. The number of Topliss-reactive ketones (excluding diaryl/α,β-unsaturated/α-hetero) is 1. The summed E-state index contributed by atoms with van der Waals surface area (Å²) in [6.07, 6.45) is -0.186. The maximum Gasteiger partial charge on any atom is 0.338 e. The zero-order valence-corrected chi connectivity index (χ0v) is 16.7. The molecule has 0 saturated heterocycles. The SMILES string of the molecule is COC(=O)[C@@]1(O)CC(=O)[C@@H]([NH-])[C@H](C(C)C(C)C)C1.[Ac]. The van der Waals surface area contributed by atoms with Crippen LogP contribution in [0.1, 0.15) is 33.6 Å². The zero-order valence-electron chi connectivity index (χ0n) is 12.0. The molecule has 5 nitrogen and oxygen atoms in total. The van der Waals surface area contributed by atoms with Gasteiger partial charge in [-0.15, -0.1) is 0 Å². The molecule has 0 aromatic rings. The van der Waals surface area contributed by atoms with Crippen molar-refractivity contribution in [3.05, 3.63) is 5.73 Å². The van der Waals surface area contributed by atoms with Crippen LogP contribution in [0.4, 0.5) is 0 Å². The molecule has 107 valence electrons. The maximum absolute atomic E-state index is 11.8. The average Bonchev–Trinajstić information content (AvgIpc) is 2.31. The van der Waals surface area contributed by atoms with Crippen LogP contribution in [0.3, 0.4) is 0 Å². The molecule has 0 aromatic heterocycles. The van der Waals surface area contributed by atoms with Gasteiger partial charge >= 0.3 is 5.97 Å². The molecule has 0 amide bonds. The van der Waals surface area contributed by atoms with Gasteiger partial charge in [-0.1, -0.05) is 26.8 Å². The standard InChI is InChI=1S/C13H22NO4.Ac/c1-7(2)8(3)9-5-13(17,12(16)18-4)6-10(15)11(9)14;/h7-9,11,14,17H,5-6H2,1-4H3;/q-1;/t8?,9-,11-,13-;/m0./s1. The minimum atomic E-state index is -1.75. The van der Waals surface area contributed by atoms with Crippen LogP contribution in [0, 0.1) is 61.8 Å². The summed E-state index contributed by atoms with van der Waals surface area (Å²) in [5.74, 6) is -1.09. The van der Waals surface area contributed by atoms with Gasteiger partial charge in [-0.25, -0.2) is 4.79 Å². The second-order valence-corrected chi connectivity index (χ2v) is 5.62. The number of esters is 1. The van der Waals surface area contributed by atoms with Crippen molar-refractivity contribution >= 4 is 11.8 Å². The molecular weight excluding hydrogens is 461 g/mol.